The van der Waals surface area contributed by atoms with E-state index in [4.69, 9.17) is 17.3 Å². The maximum Gasteiger partial charge on any atom is 0.258 e. The van der Waals surface area contributed by atoms with E-state index in [9.17, 15) is 14.0 Å². The number of carbonyl (C=O) groups is 2. The second kappa shape index (κ2) is 5.88. The number of benzene rings is 1. The molecule has 5 nitrogen and oxygen atoms in total. The van der Waals surface area contributed by atoms with E-state index in [-0.39, 0.29) is 27.4 Å². The minimum Gasteiger partial charge on any atom is -0.366 e. The van der Waals surface area contributed by atoms with Crippen LogP contribution in [0.4, 0.5) is 10.1 Å². The monoisotopic (exact) mass is 307 g/mol. The fourth-order valence-electron chi connectivity index (χ4n) is 1.69. The molecule has 1 aromatic carbocycles. The van der Waals surface area contributed by atoms with E-state index >= 15 is 0 Å². The van der Waals surface area contributed by atoms with Crippen LogP contribution in [-0.2, 0) is 0 Å². The number of anilines is 1. The summed E-state index contributed by atoms with van der Waals surface area (Å²) in [6.07, 6.45) is 2.74. The first-order chi connectivity index (χ1) is 9.90. The molecule has 0 aliphatic carbocycles. The van der Waals surface area contributed by atoms with Crippen molar-refractivity contribution in [2.24, 2.45) is 5.73 Å². The van der Waals surface area contributed by atoms with Crippen LogP contribution in [0.25, 0.3) is 0 Å². The minimum atomic E-state index is -0.788. The van der Waals surface area contributed by atoms with Gasteiger partial charge >= 0.3 is 0 Å². The van der Waals surface area contributed by atoms with Crippen molar-refractivity contribution in [1.29, 1.82) is 0 Å². The topological polar surface area (TPSA) is 85.1 Å². The maximum atomic E-state index is 13.7. The van der Waals surface area contributed by atoms with Gasteiger partial charge in [0.25, 0.3) is 5.91 Å². The molecule has 0 saturated carbocycles. The van der Waals surface area contributed by atoms with Gasteiger partial charge in [0, 0.05) is 29.2 Å². The van der Waals surface area contributed by atoms with Crippen molar-refractivity contribution in [2.45, 2.75) is 6.92 Å². The highest BCUT2D eigenvalue weighted by Gasteiger charge is 2.15. The Hall–Kier alpha value is -2.47. The summed E-state index contributed by atoms with van der Waals surface area (Å²) in [5.41, 5.74) is 5.56. The first-order valence-electron chi connectivity index (χ1n) is 5.91. The molecule has 1 heterocycles. The SMILES string of the molecule is Cc1c(F)cc(C(N)=O)cc1NC(=O)c1cnccc1Cl. The summed E-state index contributed by atoms with van der Waals surface area (Å²) in [6, 6.07) is 3.79. The molecule has 0 fully saturated rings. The van der Waals surface area contributed by atoms with Crippen molar-refractivity contribution >= 4 is 29.1 Å². The molecular formula is C14H11ClFN3O2. The first kappa shape index (κ1) is 14.9. The number of nitrogens with zero attached hydrogens (tertiary/aromatic N) is 1. The van der Waals surface area contributed by atoms with Crippen LogP contribution in [0.2, 0.25) is 5.02 Å². The Morgan fingerprint density at radius 2 is 2.10 bits per heavy atom. The second-order valence-electron chi connectivity index (χ2n) is 4.30. The van der Waals surface area contributed by atoms with Gasteiger partial charge in [-0.1, -0.05) is 11.6 Å². The number of nitrogens with one attached hydrogen (secondary N) is 1. The van der Waals surface area contributed by atoms with Gasteiger partial charge in [-0.25, -0.2) is 4.39 Å². The Kier molecular flexibility index (Phi) is 4.18. The summed E-state index contributed by atoms with van der Waals surface area (Å²) in [5.74, 6) is -1.99. The van der Waals surface area contributed by atoms with Gasteiger partial charge in [0.05, 0.1) is 10.6 Å². The number of rotatable bonds is 3. The third-order valence-electron chi connectivity index (χ3n) is 2.89. The van der Waals surface area contributed by atoms with Crippen LogP contribution >= 0.6 is 11.6 Å². The van der Waals surface area contributed by atoms with Crippen LogP contribution in [-0.4, -0.2) is 16.8 Å². The molecular weight excluding hydrogens is 297 g/mol. The molecule has 2 rings (SSSR count). The van der Waals surface area contributed by atoms with Gasteiger partial charge in [-0.05, 0) is 25.1 Å². The number of primary amides is 1. The molecule has 0 spiro atoms. The second-order valence-corrected chi connectivity index (χ2v) is 4.71. The van der Waals surface area contributed by atoms with Crippen molar-refractivity contribution in [3.05, 3.63) is 58.1 Å². The minimum absolute atomic E-state index is 0.0364. The Morgan fingerprint density at radius 3 is 2.71 bits per heavy atom. The molecule has 21 heavy (non-hydrogen) atoms. The molecule has 1 aromatic heterocycles. The van der Waals surface area contributed by atoms with E-state index in [1.165, 1.54) is 31.5 Å². The smallest absolute Gasteiger partial charge is 0.258 e. The molecule has 0 atom stereocenters. The van der Waals surface area contributed by atoms with E-state index in [0.29, 0.717) is 0 Å². The van der Waals surface area contributed by atoms with Crippen molar-refractivity contribution in [3.8, 4) is 0 Å². The predicted octanol–water partition coefficient (Wildman–Crippen LogP) is 2.53. The van der Waals surface area contributed by atoms with Crippen molar-refractivity contribution in [1.82, 2.24) is 4.98 Å². The molecule has 0 radical (unpaired) electrons. The van der Waals surface area contributed by atoms with Gasteiger partial charge in [-0.3, -0.25) is 14.6 Å². The normalized spacial score (nSPS) is 10.2. The number of amides is 2. The highest BCUT2D eigenvalue weighted by molar-refractivity contribution is 6.34. The summed E-state index contributed by atoms with van der Waals surface area (Å²) in [6.45, 7) is 1.47. The van der Waals surface area contributed by atoms with Crippen LogP contribution in [0.1, 0.15) is 26.3 Å². The van der Waals surface area contributed by atoms with E-state index in [2.05, 4.69) is 10.3 Å². The average molecular weight is 308 g/mol. The van der Waals surface area contributed by atoms with Crippen molar-refractivity contribution < 1.29 is 14.0 Å². The number of hydrogen-bond acceptors (Lipinski definition) is 3. The largest absolute Gasteiger partial charge is 0.366 e. The van der Waals surface area contributed by atoms with Crippen molar-refractivity contribution in [2.75, 3.05) is 5.32 Å². The van der Waals surface area contributed by atoms with Gasteiger partial charge in [-0.15, -0.1) is 0 Å². The molecule has 108 valence electrons. The zero-order chi connectivity index (χ0) is 15.6. The number of nitrogens with two attached hydrogens (primary N) is 1. The fourth-order valence-corrected chi connectivity index (χ4v) is 1.88. The van der Waals surface area contributed by atoms with Gasteiger partial charge in [0.15, 0.2) is 0 Å². The molecule has 0 saturated heterocycles. The van der Waals surface area contributed by atoms with E-state index < -0.39 is 17.6 Å². The Morgan fingerprint density at radius 1 is 1.38 bits per heavy atom. The van der Waals surface area contributed by atoms with E-state index in [0.717, 1.165) is 6.07 Å². The molecule has 3 N–H and O–H groups in total. The standard InChI is InChI=1S/C14H11ClFN3O2/c1-7-11(16)4-8(13(17)20)5-12(7)19-14(21)9-6-18-3-2-10(9)15/h2-6H,1H3,(H2,17,20)(H,19,21). The van der Waals surface area contributed by atoms with Crippen LogP contribution in [0.15, 0.2) is 30.6 Å². The first-order valence-corrected chi connectivity index (χ1v) is 6.28. The van der Waals surface area contributed by atoms with Crippen LogP contribution in [0.3, 0.4) is 0 Å². The van der Waals surface area contributed by atoms with Crippen LogP contribution in [0, 0.1) is 12.7 Å². The molecule has 0 unspecified atom stereocenters. The lowest BCUT2D eigenvalue weighted by Crippen LogP contribution is -2.16. The summed E-state index contributed by atoms with van der Waals surface area (Å²) < 4.78 is 13.7. The van der Waals surface area contributed by atoms with Crippen molar-refractivity contribution in [3.63, 3.8) is 0 Å². The molecule has 2 aromatic rings. The van der Waals surface area contributed by atoms with Gasteiger partial charge in [0.1, 0.15) is 5.82 Å². The zero-order valence-corrected chi connectivity index (χ0v) is 11.7. The highest BCUT2D eigenvalue weighted by Crippen LogP contribution is 2.22. The lowest BCUT2D eigenvalue weighted by Gasteiger charge is -2.11. The Bertz CT molecular complexity index is 734. The molecule has 0 bridgehead atoms. The third-order valence-corrected chi connectivity index (χ3v) is 3.22. The summed E-state index contributed by atoms with van der Waals surface area (Å²) in [5, 5.41) is 2.71. The molecule has 0 aliphatic heterocycles. The van der Waals surface area contributed by atoms with Crippen LogP contribution < -0.4 is 11.1 Å². The van der Waals surface area contributed by atoms with E-state index in [1.807, 2.05) is 0 Å². The average Bonchev–Trinajstić information content (AvgIpc) is 2.43. The van der Waals surface area contributed by atoms with Gasteiger partial charge in [0.2, 0.25) is 5.91 Å². The highest BCUT2D eigenvalue weighted by atomic mass is 35.5. The lowest BCUT2D eigenvalue weighted by molar-refractivity contribution is 0.0995. The van der Waals surface area contributed by atoms with Crippen LogP contribution in [0.5, 0.6) is 0 Å². The number of pyridine rings is 1. The Labute approximate surface area is 124 Å². The summed E-state index contributed by atoms with van der Waals surface area (Å²) >= 11 is 5.89. The number of hydrogen-bond donors (Lipinski definition) is 2. The number of halogens is 2. The number of carbonyl (C=O) groups excluding carboxylic acids is 2. The Balaban J connectivity index is 2.38. The number of aromatic nitrogens is 1. The molecule has 0 aliphatic rings. The molecule has 7 heteroatoms. The predicted molar refractivity (Wildman–Crippen MR) is 76.9 cm³/mol. The quantitative estimate of drug-likeness (QED) is 0.913. The van der Waals surface area contributed by atoms with Gasteiger partial charge in [-0.2, -0.15) is 0 Å². The third kappa shape index (κ3) is 3.17. The zero-order valence-electron chi connectivity index (χ0n) is 11.0. The molecule has 2 amide bonds. The van der Waals surface area contributed by atoms with E-state index in [1.54, 1.807) is 0 Å². The lowest BCUT2D eigenvalue weighted by atomic mass is 10.1. The summed E-state index contributed by atoms with van der Waals surface area (Å²) in [4.78, 5) is 27.0. The maximum absolute atomic E-state index is 13.7. The van der Waals surface area contributed by atoms with Gasteiger partial charge < -0.3 is 11.1 Å². The fraction of sp³-hybridized carbons (Fsp3) is 0.0714. The summed E-state index contributed by atoms with van der Waals surface area (Å²) in [7, 11) is 0.